The number of likely N-dealkylation sites (tertiary alicyclic amines) is 1. The molecule has 1 heterocycles. The Balaban J connectivity index is 1.72. The second-order valence-electron chi connectivity index (χ2n) is 10.6. The van der Waals surface area contributed by atoms with Gasteiger partial charge in [-0.2, -0.15) is 0 Å². The van der Waals surface area contributed by atoms with Gasteiger partial charge in [0.15, 0.2) is 0 Å². The highest BCUT2D eigenvalue weighted by atomic mass is 16.6. The minimum Gasteiger partial charge on any atom is -0.508 e. The monoisotopic (exact) mass is 523 g/mol. The fourth-order valence-corrected chi connectivity index (χ4v) is 4.52. The van der Waals surface area contributed by atoms with Crippen LogP contribution in [0.4, 0.5) is 5.69 Å². The molecular formula is C28H37N5O5. The summed E-state index contributed by atoms with van der Waals surface area (Å²) in [5.74, 6) is -1.36. The Morgan fingerprint density at radius 1 is 1.18 bits per heavy atom. The lowest BCUT2D eigenvalue weighted by molar-refractivity contribution is -0.158. The molecular weight excluding hydrogens is 486 g/mol. The number of hydrogen-bond donors (Lipinski definition) is 5. The van der Waals surface area contributed by atoms with Crippen molar-refractivity contribution in [1.82, 2.24) is 4.90 Å². The van der Waals surface area contributed by atoms with Gasteiger partial charge in [-0.25, -0.2) is 0 Å². The summed E-state index contributed by atoms with van der Waals surface area (Å²) < 4.78 is 5.46. The molecule has 2 atom stereocenters. The average molecular weight is 524 g/mol. The number of hydrogen-bond acceptors (Lipinski definition) is 7. The summed E-state index contributed by atoms with van der Waals surface area (Å²) in [5, 5.41) is 20.4. The van der Waals surface area contributed by atoms with Crippen molar-refractivity contribution in [2.45, 2.75) is 71.1 Å². The molecule has 1 saturated heterocycles. The number of nitrogens with one attached hydrogen (secondary N) is 2. The third-order valence-electron chi connectivity index (χ3n) is 6.39. The van der Waals surface area contributed by atoms with E-state index in [0.717, 1.165) is 12.8 Å². The lowest BCUT2D eigenvalue weighted by Gasteiger charge is -2.39. The summed E-state index contributed by atoms with van der Waals surface area (Å²) >= 11 is 0. The molecule has 2 aromatic carbocycles. The topological polar surface area (TPSA) is 172 Å². The highest BCUT2D eigenvalue weighted by Crippen LogP contribution is 2.26. The van der Waals surface area contributed by atoms with E-state index in [4.69, 9.17) is 21.6 Å². The predicted molar refractivity (Wildman–Crippen MR) is 145 cm³/mol. The molecule has 0 bridgehead atoms. The molecule has 38 heavy (non-hydrogen) atoms. The van der Waals surface area contributed by atoms with E-state index in [2.05, 4.69) is 5.32 Å². The molecule has 1 aliphatic heterocycles. The van der Waals surface area contributed by atoms with E-state index >= 15 is 0 Å². The molecule has 0 saturated carbocycles. The second kappa shape index (κ2) is 11.6. The second-order valence-corrected chi connectivity index (χ2v) is 10.6. The Labute approximate surface area is 222 Å². The number of aromatic hydroxyl groups is 1. The third-order valence-corrected chi connectivity index (χ3v) is 6.39. The van der Waals surface area contributed by atoms with Gasteiger partial charge in [-0.15, -0.1) is 0 Å². The van der Waals surface area contributed by atoms with Crippen molar-refractivity contribution in [1.29, 1.82) is 5.41 Å². The van der Waals surface area contributed by atoms with Crippen LogP contribution in [0.5, 0.6) is 5.75 Å². The molecule has 0 radical (unpaired) electrons. The van der Waals surface area contributed by atoms with Gasteiger partial charge in [0.1, 0.15) is 23.2 Å². The maximum Gasteiger partial charge on any atom is 0.325 e. The van der Waals surface area contributed by atoms with Crippen LogP contribution in [0.2, 0.25) is 0 Å². The van der Waals surface area contributed by atoms with Crippen LogP contribution < -0.4 is 16.8 Å². The summed E-state index contributed by atoms with van der Waals surface area (Å²) in [5.41, 5.74) is 13.5. The van der Waals surface area contributed by atoms with Crippen LogP contribution in [0.15, 0.2) is 36.4 Å². The van der Waals surface area contributed by atoms with Crippen molar-refractivity contribution in [3.63, 3.8) is 0 Å². The number of piperidine rings is 1. The summed E-state index contributed by atoms with van der Waals surface area (Å²) in [6.45, 7) is 7.59. The third kappa shape index (κ3) is 7.10. The minimum absolute atomic E-state index is 0.0667. The van der Waals surface area contributed by atoms with E-state index in [1.807, 2.05) is 0 Å². The number of amides is 2. The van der Waals surface area contributed by atoms with E-state index in [0.29, 0.717) is 40.9 Å². The Morgan fingerprint density at radius 3 is 2.53 bits per heavy atom. The first-order valence-electron chi connectivity index (χ1n) is 12.6. The van der Waals surface area contributed by atoms with Crippen molar-refractivity contribution >= 4 is 29.3 Å². The molecule has 7 N–H and O–H groups in total. The molecule has 1 fully saturated rings. The van der Waals surface area contributed by atoms with Crippen molar-refractivity contribution in [2.24, 2.45) is 11.5 Å². The molecule has 1 aliphatic rings. The van der Waals surface area contributed by atoms with Gasteiger partial charge in [0.2, 0.25) is 5.91 Å². The van der Waals surface area contributed by atoms with Crippen LogP contribution in [0.1, 0.15) is 67.1 Å². The van der Waals surface area contributed by atoms with Crippen LogP contribution in [-0.2, 0) is 20.7 Å². The number of carbonyl (C=O) groups excluding carboxylic acids is 3. The number of benzene rings is 2. The molecule has 0 aliphatic carbocycles. The molecule has 10 nitrogen and oxygen atoms in total. The number of ether oxygens (including phenoxy) is 1. The van der Waals surface area contributed by atoms with Crippen molar-refractivity contribution in [2.75, 3.05) is 11.9 Å². The number of aryl methyl sites for hydroxylation is 1. The van der Waals surface area contributed by atoms with E-state index < -0.39 is 23.7 Å². The van der Waals surface area contributed by atoms with E-state index in [1.165, 1.54) is 18.2 Å². The van der Waals surface area contributed by atoms with Crippen LogP contribution in [0.3, 0.4) is 0 Å². The van der Waals surface area contributed by atoms with Gasteiger partial charge in [0, 0.05) is 28.9 Å². The number of nitrogen functional groups attached to an aromatic ring is 1. The first-order valence-corrected chi connectivity index (χ1v) is 12.6. The number of anilines is 1. The number of phenolic OH excluding ortho intramolecular Hbond substituents is 1. The Kier molecular flexibility index (Phi) is 8.78. The molecule has 2 aromatic rings. The average Bonchev–Trinajstić information content (AvgIpc) is 2.83. The maximum absolute atomic E-state index is 13.5. The lowest BCUT2D eigenvalue weighted by atomic mass is 9.94. The van der Waals surface area contributed by atoms with Gasteiger partial charge < -0.3 is 31.5 Å². The quantitative estimate of drug-likeness (QED) is 0.211. The van der Waals surface area contributed by atoms with Crippen LogP contribution in [0, 0.1) is 12.3 Å². The van der Waals surface area contributed by atoms with E-state index in [-0.39, 0.29) is 29.8 Å². The molecule has 2 unspecified atom stereocenters. The van der Waals surface area contributed by atoms with Crippen molar-refractivity contribution in [3.05, 3.63) is 58.7 Å². The lowest BCUT2D eigenvalue weighted by Crippen LogP contribution is -2.57. The van der Waals surface area contributed by atoms with Crippen LogP contribution >= 0.6 is 0 Å². The van der Waals surface area contributed by atoms with Crippen molar-refractivity contribution < 1.29 is 24.2 Å². The van der Waals surface area contributed by atoms with Crippen molar-refractivity contribution in [3.8, 4) is 5.75 Å². The fourth-order valence-electron chi connectivity index (χ4n) is 4.52. The molecule has 0 aromatic heterocycles. The summed E-state index contributed by atoms with van der Waals surface area (Å²) in [4.78, 5) is 40.4. The molecule has 0 spiro atoms. The Bertz CT molecular complexity index is 1240. The highest BCUT2D eigenvalue weighted by molar-refractivity contribution is 5.99. The number of nitrogens with two attached hydrogens (primary N) is 2. The summed E-state index contributed by atoms with van der Waals surface area (Å²) in [7, 11) is 0. The number of esters is 1. The maximum atomic E-state index is 13.5. The number of phenols is 1. The van der Waals surface area contributed by atoms with Gasteiger partial charge in [-0.1, -0.05) is 0 Å². The Morgan fingerprint density at radius 2 is 1.89 bits per heavy atom. The SMILES string of the molecule is Cc1cc(NC(=O)Cc2cc(C(=N)N)ccc2O)ccc1C(=O)N1CCCCC1C(N)C(=O)OC(C)(C)C. The van der Waals surface area contributed by atoms with E-state index in [1.54, 1.807) is 50.8 Å². The molecule has 3 rings (SSSR count). The minimum atomic E-state index is -0.949. The normalized spacial score (nSPS) is 16.4. The fraction of sp³-hybridized carbons (Fsp3) is 0.429. The predicted octanol–water partition coefficient (Wildman–Crippen LogP) is 2.83. The number of rotatable bonds is 7. The highest BCUT2D eigenvalue weighted by Gasteiger charge is 2.37. The zero-order valence-corrected chi connectivity index (χ0v) is 22.3. The van der Waals surface area contributed by atoms with Crippen LogP contribution in [0.25, 0.3) is 0 Å². The zero-order valence-electron chi connectivity index (χ0n) is 22.3. The smallest absolute Gasteiger partial charge is 0.325 e. The largest absolute Gasteiger partial charge is 0.508 e. The number of amidine groups is 1. The standard InChI is InChI=1S/C28H37N5O5/c1-16-13-19(32-23(35)15-18-14-17(25(30)31)8-11-22(18)34)9-10-20(16)26(36)33-12-6-5-7-21(33)24(29)27(37)38-28(2,3)4/h8-11,13-14,21,24,34H,5-7,12,15,29H2,1-4H3,(H3,30,31)(H,32,35). The first-order chi connectivity index (χ1) is 17.8. The zero-order chi connectivity index (χ0) is 28.2. The summed E-state index contributed by atoms with van der Waals surface area (Å²) in [6.07, 6.45) is 2.16. The van der Waals surface area contributed by atoms with Gasteiger partial charge >= 0.3 is 5.97 Å². The molecule has 204 valence electrons. The number of carbonyl (C=O) groups is 3. The van der Waals surface area contributed by atoms with Gasteiger partial charge in [-0.05, 0) is 88.9 Å². The summed E-state index contributed by atoms with van der Waals surface area (Å²) in [6, 6.07) is 7.96. The van der Waals surface area contributed by atoms with Gasteiger partial charge in [0.05, 0.1) is 12.5 Å². The van der Waals surface area contributed by atoms with Crippen LogP contribution in [-0.4, -0.2) is 57.9 Å². The first kappa shape index (κ1) is 28.6. The van der Waals surface area contributed by atoms with Gasteiger partial charge in [0.25, 0.3) is 5.91 Å². The van der Waals surface area contributed by atoms with E-state index in [9.17, 15) is 19.5 Å². The Hall–Kier alpha value is -3.92. The molecule has 10 heteroatoms. The number of nitrogens with zero attached hydrogens (tertiary/aromatic N) is 1. The molecule has 2 amide bonds. The van der Waals surface area contributed by atoms with Gasteiger partial charge in [-0.3, -0.25) is 19.8 Å².